The van der Waals surface area contributed by atoms with Gasteiger partial charge in [0.1, 0.15) is 0 Å². The summed E-state index contributed by atoms with van der Waals surface area (Å²) in [6.45, 7) is 2.43. The third kappa shape index (κ3) is 2.27. The summed E-state index contributed by atoms with van der Waals surface area (Å²) in [4.78, 5) is 5.51. The fourth-order valence-corrected chi connectivity index (χ4v) is 2.44. The van der Waals surface area contributed by atoms with Crippen molar-refractivity contribution in [1.82, 2.24) is 4.98 Å². The number of hydrogen-bond donors (Lipinski definition) is 1. The first kappa shape index (κ1) is 9.12. The van der Waals surface area contributed by atoms with Crippen molar-refractivity contribution in [3.8, 4) is 0 Å². The topological polar surface area (TPSA) is 48.1 Å². The molecule has 0 saturated carbocycles. The van der Waals surface area contributed by atoms with Gasteiger partial charge < -0.3 is 10.5 Å². The molecule has 1 aromatic rings. The quantitative estimate of drug-likeness (QED) is 0.793. The van der Waals surface area contributed by atoms with Crippen LogP contribution in [0.5, 0.6) is 0 Å². The Balaban J connectivity index is 1.92. The van der Waals surface area contributed by atoms with E-state index in [2.05, 4.69) is 4.98 Å². The van der Waals surface area contributed by atoms with Gasteiger partial charge in [0.15, 0.2) is 0 Å². The van der Waals surface area contributed by atoms with Crippen LogP contribution in [-0.2, 0) is 17.7 Å². The molecule has 72 valence electrons. The van der Waals surface area contributed by atoms with Crippen molar-refractivity contribution in [3.63, 3.8) is 0 Å². The largest absolute Gasteiger partial charge is 0.381 e. The number of nitrogens with zero attached hydrogens (tertiary/aromatic N) is 1. The lowest BCUT2D eigenvalue weighted by Crippen LogP contribution is -2.02. The molecular weight excluding hydrogens is 184 g/mol. The average molecular weight is 198 g/mol. The molecule has 0 aliphatic carbocycles. The molecule has 0 spiro atoms. The Morgan fingerprint density at radius 1 is 1.69 bits per heavy atom. The Labute approximate surface area is 81.9 Å². The van der Waals surface area contributed by atoms with Gasteiger partial charge in [0.05, 0.1) is 5.01 Å². The molecule has 0 aromatic carbocycles. The maximum Gasteiger partial charge on any atom is 0.0931 e. The van der Waals surface area contributed by atoms with Crippen LogP contribution in [0.1, 0.15) is 16.3 Å². The first-order chi connectivity index (χ1) is 6.38. The Bertz CT molecular complexity index is 268. The first-order valence-corrected chi connectivity index (χ1v) is 5.41. The summed E-state index contributed by atoms with van der Waals surface area (Å²) in [5, 5.41) is 1.20. The van der Waals surface area contributed by atoms with Gasteiger partial charge in [-0.3, -0.25) is 0 Å². The van der Waals surface area contributed by atoms with E-state index in [1.165, 1.54) is 16.3 Å². The lowest BCUT2D eigenvalue weighted by molar-refractivity contribution is 0.186. The fraction of sp³-hybridized carbons (Fsp3) is 0.667. The molecule has 1 aromatic heterocycles. The second-order valence-corrected chi connectivity index (χ2v) is 4.56. The molecule has 0 radical (unpaired) electrons. The van der Waals surface area contributed by atoms with Crippen LogP contribution in [0.3, 0.4) is 0 Å². The van der Waals surface area contributed by atoms with Gasteiger partial charge in [-0.25, -0.2) is 4.98 Å². The van der Waals surface area contributed by atoms with Gasteiger partial charge in [-0.1, -0.05) is 0 Å². The molecule has 1 saturated heterocycles. The van der Waals surface area contributed by atoms with Gasteiger partial charge in [-0.2, -0.15) is 0 Å². The van der Waals surface area contributed by atoms with E-state index in [1.54, 1.807) is 11.3 Å². The van der Waals surface area contributed by atoms with E-state index < -0.39 is 0 Å². The summed E-state index contributed by atoms with van der Waals surface area (Å²) in [5.74, 6) is 0.678. The van der Waals surface area contributed by atoms with E-state index in [0.717, 1.165) is 19.6 Å². The van der Waals surface area contributed by atoms with Crippen molar-refractivity contribution in [2.24, 2.45) is 11.7 Å². The molecule has 1 atom stereocenters. The molecule has 2 N–H and O–H groups in total. The Kier molecular flexibility index (Phi) is 2.93. The molecular formula is C9H14N2OS. The van der Waals surface area contributed by atoms with Crippen LogP contribution in [0.4, 0.5) is 0 Å². The Morgan fingerprint density at radius 3 is 3.23 bits per heavy atom. The van der Waals surface area contributed by atoms with Gasteiger partial charge in [0, 0.05) is 37.3 Å². The summed E-state index contributed by atoms with van der Waals surface area (Å²) in [7, 11) is 0. The smallest absolute Gasteiger partial charge is 0.0931 e. The maximum absolute atomic E-state index is 5.52. The summed E-state index contributed by atoms with van der Waals surface area (Å²) < 4.78 is 5.31. The maximum atomic E-state index is 5.52. The van der Waals surface area contributed by atoms with E-state index >= 15 is 0 Å². The van der Waals surface area contributed by atoms with Crippen LogP contribution in [0, 0.1) is 5.92 Å². The molecule has 1 fully saturated rings. The van der Waals surface area contributed by atoms with Crippen LogP contribution < -0.4 is 5.73 Å². The van der Waals surface area contributed by atoms with Gasteiger partial charge in [-0.15, -0.1) is 11.3 Å². The molecule has 1 unspecified atom stereocenters. The van der Waals surface area contributed by atoms with E-state index in [-0.39, 0.29) is 0 Å². The number of hydrogen-bond acceptors (Lipinski definition) is 4. The third-order valence-electron chi connectivity index (χ3n) is 2.29. The predicted octanol–water partition coefficient (Wildman–Crippen LogP) is 1.18. The van der Waals surface area contributed by atoms with Crippen LogP contribution in [0.25, 0.3) is 0 Å². The van der Waals surface area contributed by atoms with Gasteiger partial charge >= 0.3 is 0 Å². The van der Waals surface area contributed by atoms with Crippen LogP contribution in [0.15, 0.2) is 6.20 Å². The van der Waals surface area contributed by atoms with E-state index in [9.17, 15) is 0 Å². The molecule has 0 bridgehead atoms. The Morgan fingerprint density at radius 2 is 2.62 bits per heavy atom. The molecule has 1 aliphatic heterocycles. The highest BCUT2D eigenvalue weighted by molar-refractivity contribution is 7.11. The fourth-order valence-electron chi connectivity index (χ4n) is 1.53. The van der Waals surface area contributed by atoms with Crippen molar-refractivity contribution in [1.29, 1.82) is 0 Å². The second-order valence-electron chi connectivity index (χ2n) is 3.36. The molecule has 4 heteroatoms. The highest BCUT2D eigenvalue weighted by Crippen LogP contribution is 2.21. The van der Waals surface area contributed by atoms with Crippen molar-refractivity contribution in [2.45, 2.75) is 19.4 Å². The Hall–Kier alpha value is -0.450. The summed E-state index contributed by atoms with van der Waals surface area (Å²) in [6, 6.07) is 0. The zero-order valence-corrected chi connectivity index (χ0v) is 8.35. The molecule has 2 heterocycles. The highest BCUT2D eigenvalue weighted by atomic mass is 32.1. The standard InChI is InChI=1S/C9H14N2OS/c10-4-8-5-11-9(13-8)3-7-1-2-12-6-7/h5,7H,1-4,6,10H2. The monoisotopic (exact) mass is 198 g/mol. The van der Waals surface area contributed by atoms with E-state index in [1.807, 2.05) is 6.20 Å². The van der Waals surface area contributed by atoms with Gasteiger partial charge in [0.2, 0.25) is 0 Å². The van der Waals surface area contributed by atoms with Crippen molar-refractivity contribution < 1.29 is 4.74 Å². The predicted molar refractivity (Wildman–Crippen MR) is 52.6 cm³/mol. The van der Waals surface area contributed by atoms with E-state index in [0.29, 0.717) is 12.5 Å². The number of aromatic nitrogens is 1. The van der Waals surface area contributed by atoms with Crippen LogP contribution in [-0.4, -0.2) is 18.2 Å². The minimum atomic E-state index is 0.610. The summed E-state index contributed by atoms with van der Waals surface area (Å²) in [5.41, 5.74) is 5.52. The zero-order valence-electron chi connectivity index (χ0n) is 7.53. The van der Waals surface area contributed by atoms with Gasteiger partial charge in [-0.05, 0) is 12.3 Å². The number of nitrogens with two attached hydrogens (primary N) is 1. The van der Waals surface area contributed by atoms with Crippen molar-refractivity contribution in [3.05, 3.63) is 16.1 Å². The molecule has 2 rings (SSSR count). The van der Waals surface area contributed by atoms with Crippen molar-refractivity contribution >= 4 is 11.3 Å². The normalized spacial score (nSPS) is 22.4. The first-order valence-electron chi connectivity index (χ1n) is 4.60. The second kappa shape index (κ2) is 4.17. The minimum Gasteiger partial charge on any atom is -0.381 e. The average Bonchev–Trinajstić information content (AvgIpc) is 2.76. The van der Waals surface area contributed by atoms with Crippen LogP contribution >= 0.6 is 11.3 Å². The minimum absolute atomic E-state index is 0.610. The summed E-state index contributed by atoms with van der Waals surface area (Å²) in [6.07, 6.45) is 4.12. The molecule has 0 amide bonds. The van der Waals surface area contributed by atoms with Gasteiger partial charge in [0.25, 0.3) is 0 Å². The molecule has 3 nitrogen and oxygen atoms in total. The molecule has 13 heavy (non-hydrogen) atoms. The number of thiazole rings is 1. The SMILES string of the molecule is NCc1cnc(CC2CCOC2)s1. The van der Waals surface area contributed by atoms with Crippen LogP contribution in [0.2, 0.25) is 0 Å². The summed E-state index contributed by atoms with van der Waals surface area (Å²) >= 11 is 1.73. The highest BCUT2D eigenvalue weighted by Gasteiger charge is 2.17. The number of rotatable bonds is 3. The number of ether oxygens (including phenoxy) is 1. The van der Waals surface area contributed by atoms with E-state index in [4.69, 9.17) is 10.5 Å². The third-order valence-corrected chi connectivity index (χ3v) is 3.33. The molecule has 1 aliphatic rings. The van der Waals surface area contributed by atoms with Crippen molar-refractivity contribution in [2.75, 3.05) is 13.2 Å². The lowest BCUT2D eigenvalue weighted by Gasteiger charge is -2.02. The lowest BCUT2D eigenvalue weighted by atomic mass is 10.1. The zero-order chi connectivity index (χ0) is 9.10.